The molecule has 1 aromatic carbocycles. The molecule has 0 aromatic heterocycles. The van der Waals surface area contributed by atoms with E-state index in [1.54, 1.807) is 14.2 Å². The van der Waals surface area contributed by atoms with Gasteiger partial charge in [0.05, 0.1) is 14.2 Å². The summed E-state index contributed by atoms with van der Waals surface area (Å²) in [5, 5.41) is 3.45. The van der Waals surface area contributed by atoms with Crippen LogP contribution in [-0.4, -0.2) is 45.3 Å². The van der Waals surface area contributed by atoms with Crippen LogP contribution in [0.4, 0.5) is 0 Å². The number of hydrogen-bond donors (Lipinski definition) is 1. The van der Waals surface area contributed by atoms with Crippen LogP contribution >= 0.6 is 24.8 Å². The molecule has 1 aromatic rings. The Bertz CT molecular complexity index is 494. The quantitative estimate of drug-likeness (QED) is 0.892. The molecule has 1 fully saturated rings. The number of benzene rings is 1. The first-order chi connectivity index (χ1) is 10.3. The lowest BCUT2D eigenvalue weighted by molar-refractivity contribution is 0.191. The van der Waals surface area contributed by atoms with Crippen molar-refractivity contribution in [3.63, 3.8) is 0 Å². The van der Waals surface area contributed by atoms with Gasteiger partial charge in [-0.15, -0.1) is 24.8 Å². The Morgan fingerprint density at radius 1 is 1.04 bits per heavy atom. The number of rotatable bonds is 4. The van der Waals surface area contributed by atoms with Crippen LogP contribution in [0.2, 0.25) is 0 Å². The second-order valence-corrected chi connectivity index (χ2v) is 6.15. The average molecular weight is 363 g/mol. The van der Waals surface area contributed by atoms with Gasteiger partial charge in [0, 0.05) is 19.6 Å². The summed E-state index contributed by atoms with van der Waals surface area (Å²) < 4.78 is 10.8. The molecule has 0 saturated carbocycles. The van der Waals surface area contributed by atoms with Crippen molar-refractivity contribution >= 4 is 24.8 Å². The van der Waals surface area contributed by atoms with Crippen LogP contribution < -0.4 is 14.8 Å². The van der Waals surface area contributed by atoms with Gasteiger partial charge in [0.2, 0.25) is 0 Å². The predicted molar refractivity (Wildman–Crippen MR) is 98.6 cm³/mol. The Balaban J connectivity index is 0.00000132. The molecular weight excluding hydrogens is 335 g/mol. The van der Waals surface area contributed by atoms with E-state index in [4.69, 9.17) is 9.47 Å². The van der Waals surface area contributed by atoms with E-state index in [0.717, 1.165) is 36.9 Å². The fraction of sp³-hybridized carbons (Fsp3) is 0.647. The third-order valence-electron chi connectivity index (χ3n) is 4.77. The highest BCUT2D eigenvalue weighted by molar-refractivity contribution is 5.85. The molecule has 0 spiro atoms. The van der Waals surface area contributed by atoms with Crippen LogP contribution in [0.15, 0.2) is 12.1 Å². The van der Waals surface area contributed by atoms with Crippen LogP contribution in [0.5, 0.6) is 11.5 Å². The zero-order chi connectivity index (χ0) is 14.7. The van der Waals surface area contributed by atoms with Crippen molar-refractivity contribution in [2.24, 2.45) is 5.92 Å². The molecule has 2 aliphatic heterocycles. The topological polar surface area (TPSA) is 33.7 Å². The summed E-state index contributed by atoms with van der Waals surface area (Å²) in [4.78, 5) is 2.60. The second-order valence-electron chi connectivity index (χ2n) is 6.15. The number of piperidine rings is 1. The molecular formula is C17H28Cl2N2O2. The van der Waals surface area contributed by atoms with Crippen LogP contribution in [0, 0.1) is 5.92 Å². The molecule has 2 aliphatic rings. The largest absolute Gasteiger partial charge is 0.493 e. The summed E-state index contributed by atoms with van der Waals surface area (Å²) in [6.07, 6.45) is 3.74. The van der Waals surface area contributed by atoms with Crippen LogP contribution in [0.25, 0.3) is 0 Å². The molecule has 0 atom stereocenters. The normalized spacial score (nSPS) is 18.3. The SMILES string of the molecule is COc1cc2c(cc1OC)CN(CC1CCNCC1)CC2.Cl.Cl. The minimum Gasteiger partial charge on any atom is -0.493 e. The molecule has 0 amide bonds. The van der Waals surface area contributed by atoms with Crippen LogP contribution in [0.1, 0.15) is 24.0 Å². The highest BCUT2D eigenvalue weighted by atomic mass is 35.5. The number of methoxy groups -OCH3 is 2. The van der Waals surface area contributed by atoms with Crippen molar-refractivity contribution in [3.05, 3.63) is 23.3 Å². The summed E-state index contributed by atoms with van der Waals surface area (Å²) >= 11 is 0. The molecule has 1 saturated heterocycles. The Hall–Kier alpha value is -0.680. The van der Waals surface area contributed by atoms with Gasteiger partial charge in [0.25, 0.3) is 0 Å². The minimum atomic E-state index is 0. The van der Waals surface area contributed by atoms with E-state index in [9.17, 15) is 0 Å². The highest BCUT2D eigenvalue weighted by Crippen LogP contribution is 2.33. The molecule has 3 rings (SSSR count). The molecule has 2 heterocycles. The third kappa shape index (κ3) is 4.90. The van der Waals surface area contributed by atoms with Crippen LogP contribution in [-0.2, 0) is 13.0 Å². The zero-order valence-corrected chi connectivity index (χ0v) is 15.6. The van der Waals surface area contributed by atoms with Gasteiger partial charge in [0.1, 0.15) is 0 Å². The number of ether oxygens (including phenoxy) is 2. The minimum absolute atomic E-state index is 0. The average Bonchev–Trinajstić information content (AvgIpc) is 2.54. The smallest absolute Gasteiger partial charge is 0.161 e. The van der Waals surface area contributed by atoms with Crippen molar-refractivity contribution in [2.45, 2.75) is 25.8 Å². The molecule has 4 nitrogen and oxygen atoms in total. The summed E-state index contributed by atoms with van der Waals surface area (Å²) in [5.41, 5.74) is 2.81. The molecule has 132 valence electrons. The Labute approximate surface area is 151 Å². The molecule has 0 aliphatic carbocycles. The van der Waals surface area contributed by atoms with Crippen molar-refractivity contribution < 1.29 is 9.47 Å². The Kier molecular flexibility index (Phi) is 8.48. The summed E-state index contributed by atoms with van der Waals surface area (Å²) in [6.45, 7) is 5.79. The Morgan fingerprint density at radius 3 is 2.26 bits per heavy atom. The highest BCUT2D eigenvalue weighted by Gasteiger charge is 2.22. The number of fused-ring (bicyclic) bond motifs is 1. The zero-order valence-electron chi connectivity index (χ0n) is 14.0. The van der Waals surface area contributed by atoms with Gasteiger partial charge in [-0.1, -0.05) is 0 Å². The lowest BCUT2D eigenvalue weighted by Crippen LogP contribution is -2.38. The summed E-state index contributed by atoms with van der Waals surface area (Å²) in [6, 6.07) is 4.30. The molecule has 0 radical (unpaired) electrons. The van der Waals surface area contributed by atoms with Gasteiger partial charge < -0.3 is 14.8 Å². The Morgan fingerprint density at radius 2 is 1.65 bits per heavy atom. The van der Waals surface area contributed by atoms with E-state index in [0.29, 0.717) is 0 Å². The molecule has 0 unspecified atom stereocenters. The van der Waals surface area contributed by atoms with Crippen molar-refractivity contribution in [3.8, 4) is 11.5 Å². The van der Waals surface area contributed by atoms with Crippen molar-refractivity contribution in [1.29, 1.82) is 0 Å². The van der Waals surface area contributed by atoms with E-state index in [1.165, 1.54) is 43.6 Å². The second kappa shape index (κ2) is 9.58. The molecule has 1 N–H and O–H groups in total. The monoisotopic (exact) mass is 362 g/mol. The first-order valence-electron chi connectivity index (χ1n) is 7.97. The fourth-order valence-corrected chi connectivity index (χ4v) is 3.53. The fourth-order valence-electron chi connectivity index (χ4n) is 3.53. The third-order valence-corrected chi connectivity index (χ3v) is 4.77. The van der Waals surface area contributed by atoms with Crippen molar-refractivity contribution in [1.82, 2.24) is 10.2 Å². The van der Waals surface area contributed by atoms with Gasteiger partial charge in [0.15, 0.2) is 11.5 Å². The summed E-state index contributed by atoms with van der Waals surface area (Å²) in [7, 11) is 3.41. The van der Waals surface area contributed by atoms with E-state index < -0.39 is 0 Å². The maximum absolute atomic E-state index is 5.44. The van der Waals surface area contributed by atoms with E-state index >= 15 is 0 Å². The van der Waals surface area contributed by atoms with Crippen molar-refractivity contribution in [2.75, 3.05) is 40.4 Å². The molecule has 6 heteroatoms. The predicted octanol–water partition coefficient (Wildman–Crippen LogP) is 2.91. The van der Waals surface area contributed by atoms with E-state index in [2.05, 4.69) is 22.3 Å². The first-order valence-corrected chi connectivity index (χ1v) is 7.97. The van der Waals surface area contributed by atoms with E-state index in [-0.39, 0.29) is 24.8 Å². The summed E-state index contributed by atoms with van der Waals surface area (Å²) in [5.74, 6) is 2.55. The number of halogens is 2. The number of nitrogens with one attached hydrogen (secondary N) is 1. The molecule has 0 bridgehead atoms. The lowest BCUT2D eigenvalue weighted by Gasteiger charge is -2.33. The first kappa shape index (κ1) is 20.4. The standard InChI is InChI=1S/C17H26N2O2.2ClH/c1-20-16-9-14-5-8-19(11-13-3-6-18-7-4-13)12-15(14)10-17(16)21-2;;/h9-10,13,18H,3-8,11-12H2,1-2H3;2*1H. The maximum atomic E-state index is 5.44. The van der Waals surface area contributed by atoms with Gasteiger partial charge in [-0.2, -0.15) is 0 Å². The maximum Gasteiger partial charge on any atom is 0.161 e. The van der Waals surface area contributed by atoms with Gasteiger partial charge in [-0.05, 0) is 61.5 Å². The van der Waals surface area contributed by atoms with Gasteiger partial charge in [-0.25, -0.2) is 0 Å². The van der Waals surface area contributed by atoms with Gasteiger partial charge >= 0.3 is 0 Å². The number of hydrogen-bond acceptors (Lipinski definition) is 4. The van der Waals surface area contributed by atoms with Gasteiger partial charge in [-0.3, -0.25) is 4.90 Å². The number of nitrogens with zero attached hydrogens (tertiary/aromatic N) is 1. The molecule has 23 heavy (non-hydrogen) atoms. The van der Waals surface area contributed by atoms with Crippen LogP contribution in [0.3, 0.4) is 0 Å². The lowest BCUT2D eigenvalue weighted by atomic mass is 9.94. The van der Waals surface area contributed by atoms with E-state index in [1.807, 2.05) is 0 Å².